The van der Waals surface area contributed by atoms with E-state index in [1.807, 2.05) is 30.3 Å². The van der Waals surface area contributed by atoms with Crippen molar-refractivity contribution in [2.75, 3.05) is 18.4 Å². The lowest BCUT2D eigenvalue weighted by molar-refractivity contribution is -0.133. The molecule has 0 aliphatic carbocycles. The van der Waals surface area contributed by atoms with Crippen molar-refractivity contribution in [3.63, 3.8) is 0 Å². The van der Waals surface area contributed by atoms with Crippen LogP contribution in [0.15, 0.2) is 67.0 Å². The van der Waals surface area contributed by atoms with E-state index < -0.39 is 5.82 Å². The summed E-state index contributed by atoms with van der Waals surface area (Å²) >= 11 is 0. The first-order chi connectivity index (χ1) is 14.6. The first-order valence-electron chi connectivity index (χ1n) is 10.0. The van der Waals surface area contributed by atoms with Gasteiger partial charge in [-0.15, -0.1) is 0 Å². The number of amides is 2. The number of likely N-dealkylation sites (tertiary alicyclic amines) is 1. The second-order valence-electron chi connectivity index (χ2n) is 7.45. The van der Waals surface area contributed by atoms with Crippen LogP contribution >= 0.6 is 0 Å². The summed E-state index contributed by atoms with van der Waals surface area (Å²) in [7, 11) is 0. The highest BCUT2D eigenvalue weighted by Crippen LogP contribution is 2.22. The first-order valence-corrected chi connectivity index (χ1v) is 10.0. The molecule has 1 aromatic heterocycles. The number of aromatic nitrogens is 2. The minimum atomic E-state index is -0.472. The van der Waals surface area contributed by atoms with Gasteiger partial charge in [-0.1, -0.05) is 30.3 Å². The molecule has 0 bridgehead atoms. The van der Waals surface area contributed by atoms with Gasteiger partial charge in [-0.25, -0.2) is 9.07 Å². The molecule has 0 saturated carbocycles. The Bertz CT molecular complexity index is 1020. The topological polar surface area (TPSA) is 67.2 Å². The van der Waals surface area contributed by atoms with Crippen LogP contribution in [0.2, 0.25) is 0 Å². The standard InChI is InChI=1S/C23H23FN4O2/c24-20-15-19(9-10-21(20)28-13-5-11-25-28)26-23(30)18-8-4-12-27(16-18)22(29)14-17-6-2-1-3-7-17/h1-3,5-7,9-11,13,15,18H,4,8,12,14,16H2,(H,26,30)/t18-/m0/s1. The second-order valence-corrected chi connectivity index (χ2v) is 7.45. The van der Waals surface area contributed by atoms with Gasteiger partial charge in [0.1, 0.15) is 5.69 Å². The highest BCUT2D eigenvalue weighted by atomic mass is 19.1. The fourth-order valence-electron chi connectivity index (χ4n) is 3.73. The van der Waals surface area contributed by atoms with E-state index in [0.29, 0.717) is 37.3 Å². The number of anilines is 1. The molecule has 0 unspecified atom stereocenters. The molecule has 2 amide bonds. The molecule has 1 aliphatic heterocycles. The van der Waals surface area contributed by atoms with Gasteiger partial charge < -0.3 is 10.2 Å². The van der Waals surface area contributed by atoms with E-state index in [1.165, 1.54) is 10.7 Å². The fourth-order valence-corrected chi connectivity index (χ4v) is 3.73. The van der Waals surface area contributed by atoms with E-state index >= 15 is 0 Å². The molecule has 1 N–H and O–H groups in total. The largest absolute Gasteiger partial charge is 0.342 e. The smallest absolute Gasteiger partial charge is 0.229 e. The summed E-state index contributed by atoms with van der Waals surface area (Å²) in [5.74, 6) is -0.959. The van der Waals surface area contributed by atoms with Crippen LogP contribution in [0.4, 0.5) is 10.1 Å². The lowest BCUT2D eigenvalue weighted by atomic mass is 9.96. The maximum atomic E-state index is 14.4. The van der Waals surface area contributed by atoms with Crippen molar-refractivity contribution in [3.05, 3.63) is 78.4 Å². The highest BCUT2D eigenvalue weighted by molar-refractivity contribution is 5.93. The molecule has 3 aromatic rings. The molecule has 1 atom stereocenters. The average molecular weight is 406 g/mol. The van der Waals surface area contributed by atoms with Crippen molar-refractivity contribution < 1.29 is 14.0 Å². The van der Waals surface area contributed by atoms with Gasteiger partial charge in [0.15, 0.2) is 5.82 Å². The van der Waals surface area contributed by atoms with Crippen molar-refractivity contribution in [1.82, 2.24) is 14.7 Å². The molecular formula is C23H23FN4O2. The van der Waals surface area contributed by atoms with Crippen LogP contribution in [0, 0.1) is 11.7 Å². The Balaban J connectivity index is 1.37. The van der Waals surface area contributed by atoms with E-state index in [4.69, 9.17) is 0 Å². The molecule has 1 aliphatic rings. The van der Waals surface area contributed by atoms with Crippen molar-refractivity contribution in [2.24, 2.45) is 5.92 Å². The van der Waals surface area contributed by atoms with Crippen molar-refractivity contribution in [3.8, 4) is 5.69 Å². The van der Waals surface area contributed by atoms with Crippen LogP contribution in [0.5, 0.6) is 0 Å². The third kappa shape index (κ3) is 4.56. The van der Waals surface area contributed by atoms with Crippen LogP contribution in [0.25, 0.3) is 5.69 Å². The number of nitrogens with one attached hydrogen (secondary N) is 1. The van der Waals surface area contributed by atoms with Crippen LogP contribution in [-0.2, 0) is 16.0 Å². The molecule has 0 radical (unpaired) electrons. The third-order valence-electron chi connectivity index (χ3n) is 5.31. The summed E-state index contributed by atoms with van der Waals surface area (Å²) in [6.07, 6.45) is 5.03. The normalized spacial score (nSPS) is 16.3. The number of carbonyl (C=O) groups is 2. The number of hydrogen-bond donors (Lipinski definition) is 1. The Morgan fingerprint density at radius 1 is 1.13 bits per heavy atom. The maximum Gasteiger partial charge on any atom is 0.229 e. The van der Waals surface area contributed by atoms with E-state index in [-0.39, 0.29) is 17.7 Å². The molecular weight excluding hydrogens is 383 g/mol. The predicted molar refractivity (Wildman–Crippen MR) is 112 cm³/mol. The van der Waals surface area contributed by atoms with Gasteiger partial charge in [-0.2, -0.15) is 5.10 Å². The van der Waals surface area contributed by atoms with Gasteiger partial charge in [0, 0.05) is 31.2 Å². The van der Waals surface area contributed by atoms with Crippen molar-refractivity contribution in [2.45, 2.75) is 19.3 Å². The van der Waals surface area contributed by atoms with Gasteiger partial charge in [0.25, 0.3) is 0 Å². The molecule has 4 rings (SSSR count). The van der Waals surface area contributed by atoms with E-state index in [0.717, 1.165) is 12.0 Å². The van der Waals surface area contributed by atoms with Gasteiger partial charge in [0.05, 0.1) is 12.3 Å². The third-order valence-corrected chi connectivity index (χ3v) is 5.31. The van der Waals surface area contributed by atoms with Gasteiger partial charge in [-0.3, -0.25) is 9.59 Å². The SMILES string of the molecule is O=C(Nc1ccc(-n2cccn2)c(F)c1)[C@H]1CCCN(C(=O)Cc2ccccc2)C1. The molecule has 7 heteroatoms. The maximum absolute atomic E-state index is 14.4. The van der Waals surface area contributed by atoms with Gasteiger partial charge >= 0.3 is 0 Å². The number of nitrogens with zero attached hydrogens (tertiary/aromatic N) is 3. The van der Waals surface area contributed by atoms with E-state index in [1.54, 1.807) is 35.5 Å². The van der Waals surface area contributed by atoms with E-state index in [9.17, 15) is 14.0 Å². The summed E-state index contributed by atoms with van der Waals surface area (Å²) in [6.45, 7) is 1.04. The van der Waals surface area contributed by atoms with Crippen LogP contribution in [0.1, 0.15) is 18.4 Å². The van der Waals surface area contributed by atoms with Gasteiger partial charge in [0.2, 0.25) is 11.8 Å². The summed E-state index contributed by atoms with van der Waals surface area (Å²) in [4.78, 5) is 27.1. The zero-order valence-corrected chi connectivity index (χ0v) is 16.5. The molecule has 154 valence electrons. The Labute approximate surface area is 174 Å². The highest BCUT2D eigenvalue weighted by Gasteiger charge is 2.28. The molecule has 30 heavy (non-hydrogen) atoms. The summed E-state index contributed by atoms with van der Waals surface area (Å²) in [6, 6.07) is 15.8. The van der Waals surface area contributed by atoms with Gasteiger partial charge in [-0.05, 0) is 42.7 Å². The number of benzene rings is 2. The quantitative estimate of drug-likeness (QED) is 0.706. The zero-order valence-electron chi connectivity index (χ0n) is 16.5. The summed E-state index contributed by atoms with van der Waals surface area (Å²) < 4.78 is 15.8. The van der Waals surface area contributed by atoms with Crippen LogP contribution in [0.3, 0.4) is 0 Å². The molecule has 6 nitrogen and oxygen atoms in total. The number of halogens is 1. The second kappa shape index (κ2) is 8.90. The summed E-state index contributed by atoms with van der Waals surface area (Å²) in [5, 5.41) is 6.81. The first kappa shape index (κ1) is 19.8. The molecule has 0 spiro atoms. The minimum absolute atomic E-state index is 0.0216. The number of hydrogen-bond acceptors (Lipinski definition) is 3. The lowest BCUT2D eigenvalue weighted by Gasteiger charge is -2.32. The van der Waals surface area contributed by atoms with Crippen molar-refractivity contribution >= 4 is 17.5 Å². The molecule has 2 heterocycles. The fraction of sp³-hybridized carbons (Fsp3) is 0.261. The average Bonchev–Trinajstić information content (AvgIpc) is 3.29. The number of piperidine rings is 1. The van der Waals surface area contributed by atoms with Crippen LogP contribution in [-0.4, -0.2) is 39.6 Å². The zero-order chi connectivity index (χ0) is 20.9. The molecule has 1 saturated heterocycles. The predicted octanol–water partition coefficient (Wildman–Crippen LogP) is 3.43. The van der Waals surface area contributed by atoms with Crippen molar-refractivity contribution in [1.29, 1.82) is 0 Å². The number of carbonyl (C=O) groups excluding carboxylic acids is 2. The minimum Gasteiger partial charge on any atom is -0.342 e. The Kier molecular flexibility index (Phi) is 5.88. The molecule has 1 fully saturated rings. The number of rotatable bonds is 5. The Morgan fingerprint density at radius 2 is 1.97 bits per heavy atom. The lowest BCUT2D eigenvalue weighted by Crippen LogP contribution is -2.44. The Hall–Kier alpha value is -3.48. The molecule has 2 aromatic carbocycles. The van der Waals surface area contributed by atoms with Crippen LogP contribution < -0.4 is 5.32 Å². The Morgan fingerprint density at radius 3 is 2.70 bits per heavy atom. The monoisotopic (exact) mass is 406 g/mol. The summed E-state index contributed by atoms with van der Waals surface area (Å²) in [5.41, 5.74) is 1.66. The van der Waals surface area contributed by atoms with E-state index in [2.05, 4.69) is 10.4 Å².